The Bertz CT molecular complexity index is 1830. The van der Waals surface area contributed by atoms with Crippen LogP contribution in [0.1, 0.15) is 97.9 Å². The van der Waals surface area contributed by atoms with E-state index < -0.39 is 0 Å². The van der Waals surface area contributed by atoms with Gasteiger partial charge in [0.25, 0.3) is 0 Å². The van der Waals surface area contributed by atoms with Crippen LogP contribution in [0.15, 0.2) is 107 Å². The summed E-state index contributed by atoms with van der Waals surface area (Å²) < 4.78 is 11.0. The lowest BCUT2D eigenvalue weighted by Crippen LogP contribution is -2.27. The number of unbranched alkanes of at least 4 members (excludes halogenated alkanes) is 1. The predicted molar refractivity (Wildman–Crippen MR) is 260 cm³/mol. The van der Waals surface area contributed by atoms with E-state index in [0.29, 0.717) is 6.54 Å². The van der Waals surface area contributed by atoms with Crippen LogP contribution in [-0.4, -0.2) is 59.4 Å². The minimum atomic E-state index is -0.0577. The highest BCUT2D eigenvalue weighted by Gasteiger charge is 2.09. The van der Waals surface area contributed by atoms with Gasteiger partial charge in [0, 0.05) is 24.9 Å². The molecule has 0 heterocycles. The standard InChI is InChI=1S/C53H76N4O3/c1-38(24-26-49-42(5)36-51(59-12)47(10)45(49)8)20-16-22-40(3)34-44(7)56-32-18-30-54-28-14-15-29-55-31-19-33-57-53(58)35-41(4)23-17-21-39(2)25-27-50-43(6)37-52(60-13)48(11)46(50)9/h16-17,20-27,34-37,54-56H,7,14-15,18-19,28-33H2,1-6,8-13H3,(H,57,58)/b22-16+,23-17+,26-24+,27-25+,38-20+,39-21+,40-34+,41-35+. The van der Waals surface area contributed by atoms with Crippen LogP contribution < -0.4 is 30.7 Å². The molecule has 0 radical (unpaired) electrons. The third kappa shape index (κ3) is 19.3. The van der Waals surface area contributed by atoms with Gasteiger partial charge in [0.1, 0.15) is 11.5 Å². The molecule has 0 aromatic heterocycles. The number of carbonyl (C=O) groups is 1. The predicted octanol–water partition coefficient (Wildman–Crippen LogP) is 11.1. The zero-order valence-electron chi connectivity index (χ0n) is 39.1. The van der Waals surface area contributed by atoms with Gasteiger partial charge in [-0.05, 0) is 195 Å². The van der Waals surface area contributed by atoms with Crippen molar-refractivity contribution in [2.45, 2.75) is 94.9 Å². The zero-order chi connectivity index (χ0) is 44.5. The van der Waals surface area contributed by atoms with E-state index in [9.17, 15) is 4.79 Å². The number of hydrogen-bond acceptors (Lipinski definition) is 6. The van der Waals surface area contributed by atoms with Crippen molar-refractivity contribution >= 4 is 18.1 Å². The van der Waals surface area contributed by atoms with Gasteiger partial charge in [-0.2, -0.15) is 0 Å². The van der Waals surface area contributed by atoms with Crippen molar-refractivity contribution in [1.82, 2.24) is 21.3 Å². The Morgan fingerprint density at radius 1 is 0.550 bits per heavy atom. The Hall–Kier alpha value is -5.11. The Labute approximate surface area is 364 Å². The molecule has 0 bridgehead atoms. The summed E-state index contributed by atoms with van der Waals surface area (Å²) in [6, 6.07) is 4.20. The summed E-state index contributed by atoms with van der Waals surface area (Å²) in [5.74, 6) is 1.81. The third-order valence-electron chi connectivity index (χ3n) is 10.5. The summed E-state index contributed by atoms with van der Waals surface area (Å²) in [6.45, 7) is 30.5. The van der Waals surface area contributed by atoms with Crippen LogP contribution in [0.25, 0.3) is 12.2 Å². The minimum Gasteiger partial charge on any atom is -0.496 e. The monoisotopic (exact) mass is 817 g/mol. The molecule has 0 aliphatic heterocycles. The van der Waals surface area contributed by atoms with Gasteiger partial charge < -0.3 is 30.7 Å². The second-order valence-electron chi connectivity index (χ2n) is 15.8. The van der Waals surface area contributed by atoms with Crippen molar-refractivity contribution in [1.29, 1.82) is 0 Å². The molecule has 7 nitrogen and oxygen atoms in total. The molecule has 0 atom stereocenters. The summed E-state index contributed by atoms with van der Waals surface area (Å²) in [5.41, 5.74) is 15.0. The Balaban J connectivity index is 1.52. The second-order valence-corrected chi connectivity index (χ2v) is 15.8. The number of benzene rings is 2. The Morgan fingerprint density at radius 3 is 1.42 bits per heavy atom. The molecule has 2 rings (SSSR count). The second kappa shape index (κ2) is 28.4. The molecule has 0 fully saturated rings. The number of carbonyl (C=O) groups excluding carboxylic acids is 1. The summed E-state index contributed by atoms with van der Waals surface area (Å²) in [4.78, 5) is 12.4. The average molecular weight is 817 g/mol. The van der Waals surface area contributed by atoms with Crippen molar-refractivity contribution < 1.29 is 14.3 Å². The Morgan fingerprint density at radius 2 is 0.967 bits per heavy atom. The first-order valence-corrected chi connectivity index (χ1v) is 21.5. The number of ether oxygens (including phenoxy) is 2. The van der Waals surface area contributed by atoms with Crippen LogP contribution >= 0.6 is 0 Å². The van der Waals surface area contributed by atoms with Crippen LogP contribution in [0.5, 0.6) is 11.5 Å². The minimum absolute atomic E-state index is 0.0577. The highest BCUT2D eigenvalue weighted by Crippen LogP contribution is 2.29. The normalized spacial score (nSPS) is 13.1. The number of methoxy groups -OCH3 is 2. The fourth-order valence-corrected chi connectivity index (χ4v) is 6.63. The van der Waals surface area contributed by atoms with Gasteiger partial charge in [0.05, 0.1) is 14.2 Å². The lowest BCUT2D eigenvalue weighted by molar-refractivity contribution is -0.116. The van der Waals surface area contributed by atoms with Crippen LogP contribution in [0.4, 0.5) is 0 Å². The van der Waals surface area contributed by atoms with Crippen molar-refractivity contribution in [3.63, 3.8) is 0 Å². The van der Waals surface area contributed by atoms with E-state index in [4.69, 9.17) is 9.47 Å². The summed E-state index contributed by atoms with van der Waals surface area (Å²) in [6.07, 6.45) is 28.9. The summed E-state index contributed by atoms with van der Waals surface area (Å²) >= 11 is 0. The fraction of sp³-hybridized carbons (Fsp3) is 0.415. The molecule has 7 heteroatoms. The van der Waals surface area contributed by atoms with E-state index in [-0.39, 0.29) is 5.91 Å². The first kappa shape index (κ1) is 51.0. The Kier molecular flexibility index (Phi) is 24.1. The molecule has 2 aromatic rings. The van der Waals surface area contributed by atoms with Gasteiger partial charge in [-0.1, -0.05) is 78.5 Å². The number of hydrogen-bond donors (Lipinski definition) is 4. The number of allylic oxidation sites excluding steroid dienone is 13. The number of amides is 1. The van der Waals surface area contributed by atoms with Crippen LogP contribution in [-0.2, 0) is 4.79 Å². The largest absolute Gasteiger partial charge is 0.496 e. The van der Waals surface area contributed by atoms with Gasteiger partial charge in [-0.3, -0.25) is 4.79 Å². The lowest BCUT2D eigenvalue weighted by atomic mass is 9.96. The van der Waals surface area contributed by atoms with E-state index >= 15 is 0 Å². The molecule has 0 saturated heterocycles. The first-order chi connectivity index (χ1) is 28.7. The lowest BCUT2D eigenvalue weighted by Gasteiger charge is -2.13. The van der Waals surface area contributed by atoms with Crippen molar-refractivity contribution in [3.8, 4) is 11.5 Å². The average Bonchev–Trinajstić information content (AvgIpc) is 3.20. The molecule has 60 heavy (non-hydrogen) atoms. The number of rotatable bonds is 26. The molecule has 2 aromatic carbocycles. The van der Waals surface area contributed by atoms with Gasteiger partial charge in [-0.15, -0.1) is 0 Å². The molecule has 1 amide bonds. The summed E-state index contributed by atoms with van der Waals surface area (Å²) in [7, 11) is 3.44. The highest BCUT2D eigenvalue weighted by atomic mass is 16.5. The van der Waals surface area contributed by atoms with Gasteiger partial charge in [0.2, 0.25) is 5.91 Å². The van der Waals surface area contributed by atoms with Gasteiger partial charge in [0.15, 0.2) is 0 Å². The maximum atomic E-state index is 12.4. The first-order valence-electron chi connectivity index (χ1n) is 21.5. The van der Waals surface area contributed by atoms with Crippen molar-refractivity contribution in [2.75, 3.05) is 53.5 Å². The molecule has 0 aliphatic carbocycles. The van der Waals surface area contributed by atoms with Crippen molar-refractivity contribution in [2.24, 2.45) is 0 Å². The molecular formula is C53H76N4O3. The van der Waals surface area contributed by atoms with Crippen LogP contribution in [0.2, 0.25) is 0 Å². The third-order valence-corrected chi connectivity index (χ3v) is 10.5. The SMILES string of the molecule is C=C(/C=C(C)/C=C/C=C(C)/C=C/c1c(C)cc(OC)c(C)c1C)NCCCNCCCCNCCCNC(=O)/C=C(C)/C=C/C=C(C)/C=C/c1c(C)cc(OC)c(C)c1C. The van der Waals surface area contributed by atoms with Crippen LogP contribution in [0, 0.1) is 41.5 Å². The summed E-state index contributed by atoms with van der Waals surface area (Å²) in [5, 5.41) is 13.4. The molecule has 0 spiro atoms. The number of aryl methyl sites for hydroxylation is 2. The van der Waals surface area contributed by atoms with Gasteiger partial charge >= 0.3 is 0 Å². The molecule has 0 aliphatic rings. The quantitative estimate of drug-likeness (QED) is 0.0430. The van der Waals surface area contributed by atoms with Crippen molar-refractivity contribution in [3.05, 3.63) is 152 Å². The van der Waals surface area contributed by atoms with E-state index in [1.165, 1.54) is 44.5 Å². The van der Waals surface area contributed by atoms with E-state index in [2.05, 4.69) is 157 Å². The van der Waals surface area contributed by atoms with E-state index in [1.807, 2.05) is 19.1 Å². The molecule has 326 valence electrons. The van der Waals surface area contributed by atoms with Gasteiger partial charge in [-0.25, -0.2) is 0 Å². The smallest absolute Gasteiger partial charge is 0.244 e. The maximum Gasteiger partial charge on any atom is 0.244 e. The van der Waals surface area contributed by atoms with E-state index in [1.54, 1.807) is 20.3 Å². The molecule has 0 saturated carbocycles. The molecule has 4 N–H and O–H groups in total. The number of nitrogens with one attached hydrogen (secondary N) is 4. The maximum absolute atomic E-state index is 12.4. The van der Waals surface area contributed by atoms with Crippen LogP contribution in [0.3, 0.4) is 0 Å². The molecule has 0 unspecified atom stereocenters. The van der Waals surface area contributed by atoms with E-state index in [0.717, 1.165) is 97.9 Å². The highest BCUT2D eigenvalue weighted by molar-refractivity contribution is 5.88. The fourth-order valence-electron chi connectivity index (χ4n) is 6.63. The molecular weight excluding hydrogens is 741 g/mol. The zero-order valence-corrected chi connectivity index (χ0v) is 39.1. The topological polar surface area (TPSA) is 83.7 Å².